The molecule has 1 aromatic heterocycles. The fraction of sp³-hybridized carbons (Fsp3) is 0.241. The highest BCUT2D eigenvalue weighted by Crippen LogP contribution is 2.35. The van der Waals surface area contributed by atoms with Crippen molar-refractivity contribution in [2.45, 2.75) is 39.4 Å². The second-order valence-corrected chi connectivity index (χ2v) is 10.3. The third kappa shape index (κ3) is 4.92. The second kappa shape index (κ2) is 9.57. The minimum atomic E-state index is -1.34. The highest BCUT2D eigenvalue weighted by Gasteiger charge is 2.22. The lowest BCUT2D eigenvalue weighted by molar-refractivity contribution is -0.255. The average Bonchev–Trinajstić information content (AvgIpc) is 2.87. The normalized spacial score (nSPS) is 13.2. The molecule has 37 heavy (non-hydrogen) atoms. The number of hydrogen-bond donors (Lipinski definition) is 0. The largest absolute Gasteiger partial charge is 0.545 e. The average molecular weight is 520 g/mol. The van der Waals surface area contributed by atoms with Crippen molar-refractivity contribution >= 4 is 28.5 Å². The SMILES string of the molecule is CC(C)(C)c1ccc(-c2oc3ccc(Cl)cc3c(=O)c2OCc2cc(C(=O)[O-])cc3c2OCOC3)cc1. The van der Waals surface area contributed by atoms with Crippen molar-refractivity contribution in [1.82, 2.24) is 0 Å². The van der Waals surface area contributed by atoms with Gasteiger partial charge in [0.15, 0.2) is 12.6 Å². The molecule has 8 heteroatoms. The third-order valence-electron chi connectivity index (χ3n) is 6.22. The number of fused-ring (bicyclic) bond motifs is 2. The molecule has 7 nitrogen and oxygen atoms in total. The summed E-state index contributed by atoms with van der Waals surface area (Å²) in [6, 6.07) is 15.4. The zero-order chi connectivity index (χ0) is 26.3. The number of hydrogen-bond acceptors (Lipinski definition) is 7. The van der Waals surface area contributed by atoms with Crippen LogP contribution in [0.25, 0.3) is 22.3 Å². The van der Waals surface area contributed by atoms with E-state index in [4.69, 9.17) is 30.2 Å². The van der Waals surface area contributed by atoms with E-state index in [1.165, 1.54) is 18.2 Å². The third-order valence-corrected chi connectivity index (χ3v) is 6.45. The Morgan fingerprint density at radius 1 is 1.08 bits per heavy atom. The van der Waals surface area contributed by atoms with E-state index < -0.39 is 11.4 Å². The minimum Gasteiger partial charge on any atom is -0.545 e. The van der Waals surface area contributed by atoms with Crippen molar-refractivity contribution in [2.24, 2.45) is 0 Å². The maximum Gasteiger partial charge on any atom is 0.235 e. The van der Waals surface area contributed by atoms with Crippen molar-refractivity contribution in [3.05, 3.63) is 92.1 Å². The summed E-state index contributed by atoms with van der Waals surface area (Å²) in [4.78, 5) is 25.2. The number of ether oxygens (including phenoxy) is 3. The summed E-state index contributed by atoms with van der Waals surface area (Å²) >= 11 is 6.15. The van der Waals surface area contributed by atoms with Gasteiger partial charge >= 0.3 is 0 Å². The van der Waals surface area contributed by atoms with Crippen molar-refractivity contribution in [1.29, 1.82) is 0 Å². The zero-order valence-corrected chi connectivity index (χ0v) is 21.3. The van der Waals surface area contributed by atoms with Crippen LogP contribution in [0.15, 0.2) is 63.8 Å². The molecule has 0 N–H and O–H groups in total. The molecule has 2 heterocycles. The Hall–Kier alpha value is -3.81. The number of carbonyl (C=O) groups excluding carboxylic acids is 1. The van der Waals surface area contributed by atoms with Crippen LogP contribution in [0.5, 0.6) is 11.5 Å². The Kier molecular flexibility index (Phi) is 6.43. The van der Waals surface area contributed by atoms with Gasteiger partial charge in [-0.25, -0.2) is 0 Å². The first-order chi connectivity index (χ1) is 17.6. The predicted octanol–water partition coefficient (Wildman–Crippen LogP) is 5.22. The smallest absolute Gasteiger partial charge is 0.235 e. The van der Waals surface area contributed by atoms with Crippen molar-refractivity contribution in [3.8, 4) is 22.8 Å². The summed E-state index contributed by atoms with van der Waals surface area (Å²) in [6.45, 7) is 6.41. The quantitative estimate of drug-likeness (QED) is 0.356. The molecule has 1 aliphatic rings. The first-order valence-electron chi connectivity index (χ1n) is 11.7. The lowest BCUT2D eigenvalue weighted by Crippen LogP contribution is -2.24. The lowest BCUT2D eigenvalue weighted by Gasteiger charge is -2.22. The first kappa shape index (κ1) is 24.9. The van der Waals surface area contributed by atoms with Gasteiger partial charge in [0.2, 0.25) is 11.2 Å². The molecule has 4 aromatic rings. The molecule has 0 spiro atoms. The molecule has 0 saturated carbocycles. The fourth-order valence-electron chi connectivity index (χ4n) is 4.27. The summed E-state index contributed by atoms with van der Waals surface area (Å²) < 4.78 is 23.1. The maximum absolute atomic E-state index is 13.6. The van der Waals surface area contributed by atoms with Gasteiger partial charge in [-0.1, -0.05) is 56.6 Å². The number of carbonyl (C=O) groups is 1. The number of aromatic carboxylic acids is 1. The molecule has 0 bridgehead atoms. The van der Waals surface area contributed by atoms with Crippen LogP contribution in [0, 0.1) is 0 Å². The Bertz CT molecular complexity index is 1560. The fourth-order valence-corrected chi connectivity index (χ4v) is 4.44. The molecule has 0 radical (unpaired) electrons. The predicted molar refractivity (Wildman–Crippen MR) is 137 cm³/mol. The summed E-state index contributed by atoms with van der Waals surface area (Å²) in [5, 5.41) is 12.2. The molecule has 0 unspecified atom stereocenters. The Morgan fingerprint density at radius 3 is 2.54 bits per heavy atom. The number of carboxylic acid groups (broad SMARTS) is 1. The maximum atomic E-state index is 13.6. The molecular formula is C29H24ClO7-. The van der Waals surface area contributed by atoms with Gasteiger partial charge in [0.1, 0.15) is 17.9 Å². The van der Waals surface area contributed by atoms with Gasteiger partial charge in [-0.15, -0.1) is 0 Å². The van der Waals surface area contributed by atoms with Gasteiger partial charge in [-0.2, -0.15) is 0 Å². The second-order valence-electron chi connectivity index (χ2n) is 9.87. The van der Waals surface area contributed by atoms with E-state index in [1.807, 2.05) is 24.3 Å². The van der Waals surface area contributed by atoms with Gasteiger partial charge in [-0.3, -0.25) is 4.79 Å². The summed E-state index contributed by atoms with van der Waals surface area (Å²) in [5.74, 6) is -0.637. The highest BCUT2D eigenvalue weighted by atomic mass is 35.5. The first-order valence-corrected chi connectivity index (χ1v) is 12.1. The minimum absolute atomic E-state index is 0.0158. The van der Waals surface area contributed by atoms with Crippen LogP contribution >= 0.6 is 11.6 Å². The van der Waals surface area contributed by atoms with E-state index in [0.29, 0.717) is 33.0 Å². The molecule has 0 atom stereocenters. The molecule has 1 aliphatic heterocycles. The molecule has 0 aliphatic carbocycles. The van der Waals surface area contributed by atoms with Crippen LogP contribution in [-0.2, 0) is 23.4 Å². The molecule has 190 valence electrons. The monoisotopic (exact) mass is 519 g/mol. The Balaban J connectivity index is 1.62. The Morgan fingerprint density at radius 2 is 1.84 bits per heavy atom. The molecule has 0 saturated heterocycles. The summed E-state index contributed by atoms with van der Waals surface area (Å²) in [6.07, 6.45) is 0. The van der Waals surface area contributed by atoms with E-state index in [9.17, 15) is 14.7 Å². The van der Waals surface area contributed by atoms with E-state index >= 15 is 0 Å². The van der Waals surface area contributed by atoms with Gasteiger partial charge in [0.25, 0.3) is 0 Å². The van der Waals surface area contributed by atoms with Crippen LogP contribution in [0.2, 0.25) is 5.02 Å². The van der Waals surface area contributed by atoms with Gasteiger partial charge in [-0.05, 0) is 46.9 Å². The van der Waals surface area contributed by atoms with Crippen molar-refractivity contribution in [2.75, 3.05) is 6.79 Å². The van der Waals surface area contributed by atoms with Crippen LogP contribution < -0.4 is 20.0 Å². The van der Waals surface area contributed by atoms with E-state index in [0.717, 1.165) is 5.56 Å². The van der Waals surface area contributed by atoms with Gasteiger partial charge in [0.05, 0.1) is 18.0 Å². The molecule has 0 fully saturated rings. The summed E-state index contributed by atoms with van der Waals surface area (Å²) in [5.41, 5.74) is 2.67. The van der Waals surface area contributed by atoms with Gasteiger partial charge < -0.3 is 28.5 Å². The standard InChI is InChI=1S/C29H25ClO7/c1-29(2,3)20-6-4-16(5-7-20)26-27(24(31)22-12-21(30)8-9-23(22)37-26)35-14-19-11-17(28(32)33)10-18-13-34-15-36-25(18)19/h4-12H,13-15H2,1-3H3,(H,32,33)/p-1. The summed E-state index contributed by atoms with van der Waals surface area (Å²) in [7, 11) is 0. The van der Waals surface area contributed by atoms with E-state index in [1.54, 1.807) is 12.1 Å². The van der Waals surface area contributed by atoms with E-state index in [2.05, 4.69) is 20.8 Å². The molecular weight excluding hydrogens is 496 g/mol. The number of carboxylic acids is 1. The number of benzene rings is 3. The molecule has 5 rings (SSSR count). The topological polar surface area (TPSA) is 98.0 Å². The van der Waals surface area contributed by atoms with Crippen LogP contribution in [0.4, 0.5) is 0 Å². The zero-order valence-electron chi connectivity index (χ0n) is 20.6. The highest BCUT2D eigenvalue weighted by molar-refractivity contribution is 6.31. The molecule has 0 amide bonds. The van der Waals surface area contributed by atoms with Crippen LogP contribution in [-0.4, -0.2) is 12.8 Å². The number of halogens is 1. The lowest BCUT2D eigenvalue weighted by atomic mass is 9.86. The Labute approximate surface area is 218 Å². The number of rotatable bonds is 5. The van der Waals surface area contributed by atoms with Crippen molar-refractivity contribution in [3.63, 3.8) is 0 Å². The van der Waals surface area contributed by atoms with Gasteiger partial charge in [0, 0.05) is 21.7 Å². The van der Waals surface area contributed by atoms with Crippen molar-refractivity contribution < 1.29 is 28.5 Å². The van der Waals surface area contributed by atoms with E-state index in [-0.39, 0.29) is 47.9 Å². The molecule has 3 aromatic carbocycles. The van der Waals surface area contributed by atoms with Crippen LogP contribution in [0.1, 0.15) is 47.8 Å². The van der Waals surface area contributed by atoms with Crippen LogP contribution in [0.3, 0.4) is 0 Å².